The molecule has 0 amide bonds. The normalized spacial score (nSPS) is 51.8. The minimum atomic E-state index is -2.43. The maximum atomic E-state index is 10.5. The zero-order valence-corrected chi connectivity index (χ0v) is 17.8. The molecule has 200 valence electrons. The van der Waals surface area contributed by atoms with Gasteiger partial charge in [-0.25, -0.2) is 0 Å². The molecular formula is C18H32O16. The van der Waals surface area contributed by atoms with Crippen molar-refractivity contribution in [3.8, 4) is 0 Å². The van der Waals surface area contributed by atoms with Crippen LogP contribution in [0.3, 0.4) is 0 Å². The largest absolute Gasteiger partial charge is 0.394 e. The Morgan fingerprint density at radius 1 is 0.588 bits per heavy atom. The number of hydrogen-bond donors (Lipinski definition) is 11. The lowest BCUT2D eigenvalue weighted by Crippen LogP contribution is -2.62. The Hall–Kier alpha value is -0.640. The molecule has 0 aliphatic carbocycles. The Balaban J connectivity index is 1.72. The van der Waals surface area contributed by atoms with E-state index < -0.39 is 112 Å². The monoisotopic (exact) mass is 504 g/mol. The van der Waals surface area contributed by atoms with Crippen molar-refractivity contribution in [3.63, 3.8) is 0 Å². The van der Waals surface area contributed by atoms with Gasteiger partial charge in [0.15, 0.2) is 6.29 Å². The summed E-state index contributed by atoms with van der Waals surface area (Å²) in [5.74, 6) is -4.64. The number of aliphatic hydroxyl groups excluding tert-OH is 11. The smallest absolute Gasteiger partial charge is 0.224 e. The lowest BCUT2D eigenvalue weighted by Gasteiger charge is -2.43. The second-order valence-electron chi connectivity index (χ2n) is 8.43. The SMILES string of the molecule is OC[C@H]1O[C@](CO)(OC[C@H]2O[C@@](CO)(O[C@H]3O[C@H](CO)[C@@H](O)[C@H](O)[C@H]3O)[C@@H](O)[C@@H]2O)[C@@H](O)[C@@H]1O. The topological polar surface area (TPSA) is 269 Å². The highest BCUT2D eigenvalue weighted by molar-refractivity contribution is 5.00. The lowest BCUT2D eigenvalue weighted by atomic mass is 9.99. The van der Waals surface area contributed by atoms with Gasteiger partial charge in [0.2, 0.25) is 11.6 Å². The molecule has 0 unspecified atom stereocenters. The van der Waals surface area contributed by atoms with Crippen LogP contribution in [0.4, 0.5) is 0 Å². The fourth-order valence-corrected chi connectivity index (χ4v) is 4.14. The van der Waals surface area contributed by atoms with Crippen LogP contribution < -0.4 is 0 Å². The van der Waals surface area contributed by atoms with E-state index in [-0.39, 0.29) is 0 Å². The lowest BCUT2D eigenvalue weighted by molar-refractivity contribution is -0.385. The third kappa shape index (κ3) is 4.71. The highest BCUT2D eigenvalue weighted by Crippen LogP contribution is 2.38. The van der Waals surface area contributed by atoms with E-state index in [0.29, 0.717) is 0 Å². The van der Waals surface area contributed by atoms with Gasteiger partial charge in [-0.15, -0.1) is 0 Å². The van der Waals surface area contributed by atoms with E-state index in [1.54, 1.807) is 0 Å². The van der Waals surface area contributed by atoms with Crippen LogP contribution in [0.2, 0.25) is 0 Å². The van der Waals surface area contributed by atoms with E-state index in [2.05, 4.69) is 0 Å². The van der Waals surface area contributed by atoms with E-state index in [1.165, 1.54) is 0 Å². The van der Waals surface area contributed by atoms with Crippen molar-refractivity contribution in [2.45, 2.75) is 78.9 Å². The first kappa shape index (κ1) is 27.9. The molecule has 34 heavy (non-hydrogen) atoms. The van der Waals surface area contributed by atoms with Crippen molar-refractivity contribution >= 4 is 0 Å². The molecular weight excluding hydrogens is 472 g/mol. The Bertz CT molecular complexity index is 668. The minimum absolute atomic E-state index is 0.694. The summed E-state index contributed by atoms with van der Waals surface area (Å²) in [5.41, 5.74) is 0. The molecule has 0 aromatic heterocycles. The highest BCUT2D eigenvalue weighted by atomic mass is 16.8. The summed E-state index contributed by atoms with van der Waals surface area (Å²) in [6.07, 6.45) is -18.6. The van der Waals surface area contributed by atoms with Crippen LogP contribution in [0.15, 0.2) is 0 Å². The van der Waals surface area contributed by atoms with E-state index in [4.69, 9.17) is 23.7 Å². The van der Waals surface area contributed by atoms with Crippen LogP contribution in [-0.2, 0) is 23.7 Å². The third-order valence-corrected chi connectivity index (χ3v) is 6.29. The summed E-state index contributed by atoms with van der Waals surface area (Å²) in [6, 6.07) is 0. The van der Waals surface area contributed by atoms with Gasteiger partial charge < -0.3 is 79.9 Å². The van der Waals surface area contributed by atoms with E-state index in [0.717, 1.165) is 0 Å². The van der Waals surface area contributed by atoms with Gasteiger partial charge in [-0.2, -0.15) is 0 Å². The van der Waals surface area contributed by atoms with Crippen molar-refractivity contribution in [2.75, 3.05) is 33.0 Å². The van der Waals surface area contributed by atoms with Gasteiger partial charge in [0.1, 0.15) is 74.3 Å². The molecule has 3 aliphatic heterocycles. The Morgan fingerprint density at radius 3 is 1.65 bits per heavy atom. The van der Waals surface area contributed by atoms with Gasteiger partial charge in [0.05, 0.1) is 19.8 Å². The molecule has 3 heterocycles. The van der Waals surface area contributed by atoms with Gasteiger partial charge in [-0.05, 0) is 0 Å². The van der Waals surface area contributed by atoms with Crippen LogP contribution in [0.1, 0.15) is 0 Å². The third-order valence-electron chi connectivity index (χ3n) is 6.29. The summed E-state index contributed by atoms with van der Waals surface area (Å²) in [5, 5.41) is 109. The predicted octanol–water partition coefficient (Wildman–Crippen LogP) is -7.57. The summed E-state index contributed by atoms with van der Waals surface area (Å²) < 4.78 is 26.6. The second-order valence-corrected chi connectivity index (χ2v) is 8.43. The molecule has 0 aromatic rings. The standard InChI is InChI=1S/C18H32O16/c19-1-6-9(23)12(26)13(27)16(31-6)34-18(5-22)15(29)11(25)8(33-18)3-30-17(4-21)14(28)10(24)7(2-20)32-17/h6-16,19-29H,1-5H2/t6-,7-,8-,9-,10-,11-,12+,13-,14+,15+,16-,17+,18+/m1/s1. The first-order valence-electron chi connectivity index (χ1n) is 10.5. The summed E-state index contributed by atoms with van der Waals surface area (Å²) in [6.45, 7) is -4.25. The molecule has 0 spiro atoms. The van der Waals surface area contributed by atoms with Gasteiger partial charge >= 0.3 is 0 Å². The molecule has 11 N–H and O–H groups in total. The molecule has 0 saturated carbocycles. The zero-order valence-electron chi connectivity index (χ0n) is 17.8. The molecule has 3 saturated heterocycles. The molecule has 3 aliphatic rings. The molecule has 3 rings (SSSR count). The number of hydrogen-bond acceptors (Lipinski definition) is 16. The van der Waals surface area contributed by atoms with Gasteiger partial charge in [-0.1, -0.05) is 0 Å². The number of rotatable bonds is 9. The van der Waals surface area contributed by atoms with E-state index in [9.17, 15) is 56.2 Å². The second kappa shape index (κ2) is 10.8. The summed E-state index contributed by atoms with van der Waals surface area (Å²) in [4.78, 5) is 0. The quantitative estimate of drug-likeness (QED) is 0.139. The zero-order chi connectivity index (χ0) is 25.4. The molecule has 3 fully saturated rings. The van der Waals surface area contributed by atoms with Crippen LogP contribution >= 0.6 is 0 Å². The summed E-state index contributed by atoms with van der Waals surface area (Å²) >= 11 is 0. The molecule has 16 heteroatoms. The van der Waals surface area contributed by atoms with Crippen molar-refractivity contribution in [3.05, 3.63) is 0 Å². The van der Waals surface area contributed by atoms with Crippen molar-refractivity contribution in [1.29, 1.82) is 0 Å². The van der Waals surface area contributed by atoms with Crippen LogP contribution in [0.5, 0.6) is 0 Å². The average molecular weight is 504 g/mol. The first-order chi connectivity index (χ1) is 16.0. The fourth-order valence-electron chi connectivity index (χ4n) is 4.14. The van der Waals surface area contributed by atoms with Crippen LogP contribution in [-0.4, -0.2) is 168 Å². The summed E-state index contributed by atoms with van der Waals surface area (Å²) in [7, 11) is 0. The van der Waals surface area contributed by atoms with Crippen LogP contribution in [0.25, 0.3) is 0 Å². The van der Waals surface area contributed by atoms with Gasteiger partial charge in [0, 0.05) is 0 Å². The fraction of sp³-hybridized carbons (Fsp3) is 1.00. The first-order valence-corrected chi connectivity index (χ1v) is 10.5. The number of ether oxygens (including phenoxy) is 5. The number of aliphatic hydroxyl groups is 11. The Labute approximate surface area is 192 Å². The molecule has 16 nitrogen and oxygen atoms in total. The molecule has 0 aromatic carbocycles. The van der Waals surface area contributed by atoms with E-state index >= 15 is 0 Å². The van der Waals surface area contributed by atoms with Gasteiger partial charge in [-0.3, -0.25) is 0 Å². The van der Waals surface area contributed by atoms with Crippen LogP contribution in [0, 0.1) is 0 Å². The molecule has 13 atom stereocenters. The average Bonchev–Trinajstić information content (AvgIpc) is 3.23. The highest BCUT2D eigenvalue weighted by Gasteiger charge is 2.60. The Kier molecular flexibility index (Phi) is 8.85. The van der Waals surface area contributed by atoms with E-state index in [1.807, 2.05) is 0 Å². The van der Waals surface area contributed by atoms with Crippen molar-refractivity contribution in [1.82, 2.24) is 0 Å². The maximum Gasteiger partial charge on any atom is 0.224 e. The predicted molar refractivity (Wildman–Crippen MR) is 101 cm³/mol. The van der Waals surface area contributed by atoms with Crippen molar-refractivity contribution < 1.29 is 79.9 Å². The maximum absolute atomic E-state index is 10.5. The minimum Gasteiger partial charge on any atom is -0.394 e. The molecule has 0 bridgehead atoms. The van der Waals surface area contributed by atoms with Crippen molar-refractivity contribution in [2.24, 2.45) is 0 Å². The Morgan fingerprint density at radius 2 is 1.12 bits per heavy atom. The molecule has 0 radical (unpaired) electrons. The van der Waals surface area contributed by atoms with Gasteiger partial charge in [0.25, 0.3) is 0 Å².